The number of carbonyl (C=O) groups is 1. The van der Waals surface area contributed by atoms with Gasteiger partial charge in [-0.3, -0.25) is 5.43 Å². The first kappa shape index (κ1) is 22.4. The summed E-state index contributed by atoms with van der Waals surface area (Å²) in [7, 11) is 0. The Morgan fingerprint density at radius 3 is 2.77 bits per heavy atom. The van der Waals surface area contributed by atoms with Crippen molar-refractivity contribution >= 4 is 34.6 Å². The van der Waals surface area contributed by atoms with Crippen molar-refractivity contribution in [2.45, 2.75) is 38.1 Å². The number of hydrogen-bond donors (Lipinski definition) is 3. The largest absolute Gasteiger partial charge is 0.507 e. The molecular formula is C27H24N4O4. The van der Waals surface area contributed by atoms with Crippen LogP contribution >= 0.6 is 0 Å². The van der Waals surface area contributed by atoms with Crippen molar-refractivity contribution in [3.05, 3.63) is 83.1 Å². The predicted molar refractivity (Wildman–Crippen MR) is 134 cm³/mol. The van der Waals surface area contributed by atoms with Crippen molar-refractivity contribution in [3.8, 4) is 5.75 Å². The fourth-order valence-electron chi connectivity index (χ4n) is 4.73. The van der Waals surface area contributed by atoms with Crippen LogP contribution in [0.2, 0.25) is 0 Å². The van der Waals surface area contributed by atoms with Gasteiger partial charge in [-0.1, -0.05) is 36.4 Å². The molecule has 0 spiro atoms. The zero-order valence-corrected chi connectivity index (χ0v) is 19.2. The number of carbonyl (C=O) groups excluding carboxylic acids is 1. The number of fused-ring (bicyclic) bond motifs is 1. The second-order valence-electron chi connectivity index (χ2n) is 8.85. The fourth-order valence-corrected chi connectivity index (χ4v) is 4.73. The van der Waals surface area contributed by atoms with E-state index < -0.39 is 11.5 Å². The topological polar surface area (TPSA) is 115 Å². The lowest BCUT2D eigenvalue weighted by atomic mass is 9.84. The molecule has 2 aliphatic carbocycles. The van der Waals surface area contributed by atoms with Gasteiger partial charge in [-0.15, -0.1) is 0 Å². The molecule has 8 heteroatoms. The Hall–Kier alpha value is -4.42. The summed E-state index contributed by atoms with van der Waals surface area (Å²) in [4.78, 5) is 24.3. The van der Waals surface area contributed by atoms with Crippen LogP contribution in [0.3, 0.4) is 0 Å². The minimum Gasteiger partial charge on any atom is -0.507 e. The molecule has 3 aliphatic rings. The number of hydrogen-bond acceptors (Lipinski definition) is 7. The van der Waals surface area contributed by atoms with Crippen molar-refractivity contribution in [1.29, 1.82) is 0 Å². The lowest BCUT2D eigenvalue weighted by Gasteiger charge is -2.29. The van der Waals surface area contributed by atoms with E-state index in [1.807, 2.05) is 18.1 Å². The zero-order valence-electron chi connectivity index (χ0n) is 19.2. The SMILES string of the molecule is CC1=NN(c2ccc3c(c2)CCC3)C(=C=O)/C1=N/NC1(C(=O)O)C=CC=C(c2ccccc2O)C1. The number of nitrogens with zero attached hydrogens (tertiary/aromatic N) is 3. The molecule has 1 aliphatic heterocycles. The van der Waals surface area contributed by atoms with Crippen LogP contribution in [0.5, 0.6) is 5.75 Å². The highest BCUT2D eigenvalue weighted by atomic mass is 16.4. The number of aryl methyl sites for hydroxylation is 2. The molecule has 176 valence electrons. The van der Waals surface area contributed by atoms with E-state index in [4.69, 9.17) is 0 Å². The van der Waals surface area contributed by atoms with Crippen LogP contribution in [-0.4, -0.2) is 39.1 Å². The Balaban J connectivity index is 1.44. The average molecular weight is 469 g/mol. The molecule has 2 aromatic carbocycles. The Kier molecular flexibility index (Phi) is 5.59. The summed E-state index contributed by atoms with van der Waals surface area (Å²) in [6.45, 7) is 1.71. The summed E-state index contributed by atoms with van der Waals surface area (Å²) < 4.78 is 0. The van der Waals surface area contributed by atoms with Crippen LogP contribution in [0.1, 0.15) is 36.5 Å². The van der Waals surface area contributed by atoms with Gasteiger partial charge in [-0.2, -0.15) is 10.2 Å². The number of benzene rings is 2. The monoisotopic (exact) mass is 468 g/mol. The third kappa shape index (κ3) is 3.94. The van der Waals surface area contributed by atoms with Gasteiger partial charge in [0.2, 0.25) is 0 Å². The molecule has 0 fully saturated rings. The number of carboxylic acid groups (broad SMARTS) is 1. The number of allylic oxidation sites excluding steroid dienone is 3. The lowest BCUT2D eigenvalue weighted by molar-refractivity contribution is -0.142. The molecule has 35 heavy (non-hydrogen) atoms. The van der Waals surface area contributed by atoms with Crippen LogP contribution in [0.4, 0.5) is 5.69 Å². The highest BCUT2D eigenvalue weighted by molar-refractivity contribution is 6.51. The van der Waals surface area contributed by atoms with Gasteiger partial charge < -0.3 is 10.2 Å². The van der Waals surface area contributed by atoms with Crippen LogP contribution in [0.15, 0.2) is 76.6 Å². The average Bonchev–Trinajstić information content (AvgIpc) is 3.46. The normalized spacial score (nSPS) is 22.0. The zero-order chi connectivity index (χ0) is 24.6. The third-order valence-corrected chi connectivity index (χ3v) is 6.60. The van der Waals surface area contributed by atoms with Crippen molar-refractivity contribution in [2.24, 2.45) is 10.2 Å². The van der Waals surface area contributed by atoms with Gasteiger partial charge in [0, 0.05) is 12.0 Å². The number of aromatic hydroxyl groups is 1. The molecule has 8 nitrogen and oxygen atoms in total. The smallest absolute Gasteiger partial charge is 0.335 e. The number of anilines is 1. The molecule has 0 bridgehead atoms. The maximum Gasteiger partial charge on any atom is 0.335 e. The summed E-state index contributed by atoms with van der Waals surface area (Å²) in [5.74, 6) is 0.854. The quantitative estimate of drug-likeness (QED) is 0.456. The first-order valence-electron chi connectivity index (χ1n) is 11.4. The first-order chi connectivity index (χ1) is 16.9. The number of carboxylic acids is 1. The number of phenolic OH excluding ortho intramolecular Hbond substituents is 1. The summed E-state index contributed by atoms with van der Waals surface area (Å²) in [6.07, 6.45) is 8.08. The van der Waals surface area contributed by atoms with E-state index in [0.29, 0.717) is 16.8 Å². The van der Waals surface area contributed by atoms with Gasteiger partial charge in [0.15, 0.2) is 17.2 Å². The Bertz CT molecular complexity index is 1400. The number of hydrazone groups is 2. The number of nitrogens with one attached hydrogen (secondary N) is 1. The number of rotatable bonds is 5. The molecular weight excluding hydrogens is 444 g/mol. The van der Waals surface area contributed by atoms with E-state index in [-0.39, 0.29) is 23.6 Å². The molecule has 3 N–H and O–H groups in total. The van der Waals surface area contributed by atoms with Crippen molar-refractivity contribution < 1.29 is 19.8 Å². The fraction of sp³-hybridized carbons (Fsp3) is 0.222. The summed E-state index contributed by atoms with van der Waals surface area (Å²) in [5, 5.41) is 30.7. The predicted octanol–water partition coefficient (Wildman–Crippen LogP) is 3.60. The van der Waals surface area contributed by atoms with Crippen LogP contribution in [0.25, 0.3) is 5.57 Å². The molecule has 0 radical (unpaired) electrons. The molecule has 5 rings (SSSR count). The molecule has 1 heterocycles. The number of phenols is 1. The van der Waals surface area contributed by atoms with Gasteiger partial charge in [0.1, 0.15) is 11.5 Å². The molecule has 0 amide bonds. The minimum absolute atomic E-state index is 0.0397. The Morgan fingerprint density at radius 2 is 2.00 bits per heavy atom. The van der Waals surface area contributed by atoms with Gasteiger partial charge in [-0.25, -0.2) is 14.6 Å². The van der Waals surface area contributed by atoms with Crippen LogP contribution in [-0.2, 0) is 22.4 Å². The van der Waals surface area contributed by atoms with E-state index >= 15 is 0 Å². The van der Waals surface area contributed by atoms with Gasteiger partial charge in [-0.05, 0) is 67.2 Å². The maximum atomic E-state index is 12.4. The van der Waals surface area contributed by atoms with Crippen LogP contribution in [0, 0.1) is 0 Å². The van der Waals surface area contributed by atoms with Gasteiger partial charge in [0.25, 0.3) is 0 Å². The molecule has 0 saturated carbocycles. The summed E-state index contributed by atoms with van der Waals surface area (Å²) in [5.41, 5.74) is 6.49. The Labute approximate surface area is 202 Å². The number of para-hydroxylation sites is 1. The molecule has 2 aromatic rings. The van der Waals surface area contributed by atoms with Crippen molar-refractivity contribution in [3.63, 3.8) is 0 Å². The summed E-state index contributed by atoms with van der Waals surface area (Å²) >= 11 is 0. The van der Waals surface area contributed by atoms with E-state index in [9.17, 15) is 19.8 Å². The number of aliphatic carboxylic acids is 1. The molecule has 0 aromatic heterocycles. The standard InChI is InChI=1S/C27H24N4O4/c1-17-25(23(16-32)31(29-17)21-12-11-18-6-4-7-19(18)14-21)28-30-27(26(34)35)13-5-8-20(15-27)22-9-2-3-10-24(22)33/h2-3,5,8-14,30,33H,4,6-7,15H2,1H3,(H,34,35)/b28-25+. The van der Waals surface area contributed by atoms with E-state index in [0.717, 1.165) is 24.9 Å². The van der Waals surface area contributed by atoms with Crippen LogP contribution < -0.4 is 10.4 Å². The van der Waals surface area contributed by atoms with E-state index in [1.165, 1.54) is 22.2 Å². The van der Waals surface area contributed by atoms with Gasteiger partial charge in [0.05, 0.1) is 11.4 Å². The maximum absolute atomic E-state index is 12.4. The first-order valence-corrected chi connectivity index (χ1v) is 11.4. The van der Waals surface area contributed by atoms with E-state index in [1.54, 1.807) is 43.3 Å². The second-order valence-corrected chi connectivity index (χ2v) is 8.85. The molecule has 0 saturated heterocycles. The highest BCUT2D eigenvalue weighted by Crippen LogP contribution is 2.35. The summed E-state index contributed by atoms with van der Waals surface area (Å²) in [6, 6.07) is 12.8. The molecule has 1 unspecified atom stereocenters. The second kappa shape index (κ2) is 8.74. The van der Waals surface area contributed by atoms with E-state index in [2.05, 4.69) is 21.7 Å². The third-order valence-electron chi connectivity index (χ3n) is 6.60. The lowest BCUT2D eigenvalue weighted by Crippen LogP contribution is -2.49. The molecule has 1 atom stereocenters. The van der Waals surface area contributed by atoms with Gasteiger partial charge >= 0.3 is 5.97 Å². The van der Waals surface area contributed by atoms with Crippen molar-refractivity contribution in [2.75, 3.05) is 5.01 Å². The van der Waals surface area contributed by atoms with Crippen molar-refractivity contribution in [1.82, 2.24) is 5.43 Å². The minimum atomic E-state index is -1.57. The highest BCUT2D eigenvalue weighted by Gasteiger charge is 2.40. The Morgan fingerprint density at radius 1 is 1.20 bits per heavy atom.